The van der Waals surface area contributed by atoms with Crippen LogP contribution in [-0.4, -0.2) is 16.9 Å². The summed E-state index contributed by atoms with van der Waals surface area (Å²) in [5.74, 6) is -0.981. The summed E-state index contributed by atoms with van der Waals surface area (Å²) in [6, 6.07) is 9.49. The van der Waals surface area contributed by atoms with Crippen LogP contribution >= 0.6 is 0 Å². The summed E-state index contributed by atoms with van der Waals surface area (Å²) in [6.45, 7) is 3.79. The first-order chi connectivity index (χ1) is 10.9. The van der Waals surface area contributed by atoms with Gasteiger partial charge in [-0.25, -0.2) is 4.39 Å². The number of anilines is 1. The second-order valence-electron chi connectivity index (χ2n) is 5.07. The van der Waals surface area contributed by atoms with Gasteiger partial charge in [0.05, 0.1) is 22.7 Å². The molecule has 0 unspecified atom stereocenters. The maximum Gasteiger partial charge on any atom is 0.272 e. The lowest BCUT2D eigenvalue weighted by molar-refractivity contribution is -0.385. The molecular weight excluding hydrogens is 303 g/mol. The van der Waals surface area contributed by atoms with Crippen LogP contribution in [0.25, 0.3) is 0 Å². The van der Waals surface area contributed by atoms with Gasteiger partial charge in [0.1, 0.15) is 11.6 Å². The molecule has 7 heteroatoms. The smallest absolute Gasteiger partial charge is 0.272 e. The number of nitro groups is 1. The first kappa shape index (κ1) is 16.4. The van der Waals surface area contributed by atoms with E-state index >= 15 is 0 Å². The van der Waals surface area contributed by atoms with E-state index in [1.807, 2.05) is 13.8 Å². The van der Waals surface area contributed by atoms with Crippen molar-refractivity contribution < 1.29 is 18.8 Å². The number of benzene rings is 2. The van der Waals surface area contributed by atoms with Gasteiger partial charge in [0.2, 0.25) is 0 Å². The van der Waals surface area contributed by atoms with Gasteiger partial charge in [-0.2, -0.15) is 0 Å². The molecule has 0 radical (unpaired) electrons. The highest BCUT2D eigenvalue weighted by Gasteiger charge is 2.16. The number of hydrogen-bond donors (Lipinski definition) is 1. The van der Waals surface area contributed by atoms with Gasteiger partial charge in [0, 0.05) is 11.8 Å². The topological polar surface area (TPSA) is 81.5 Å². The molecule has 0 aromatic heterocycles. The molecule has 1 N–H and O–H groups in total. The second kappa shape index (κ2) is 6.87. The van der Waals surface area contributed by atoms with E-state index in [2.05, 4.69) is 5.32 Å². The Morgan fingerprint density at radius 3 is 2.39 bits per heavy atom. The Balaban J connectivity index is 2.11. The molecule has 1 amide bonds. The average molecular weight is 318 g/mol. The Kier molecular flexibility index (Phi) is 4.90. The zero-order chi connectivity index (χ0) is 17.0. The second-order valence-corrected chi connectivity index (χ2v) is 5.07. The van der Waals surface area contributed by atoms with Crippen LogP contribution < -0.4 is 10.1 Å². The van der Waals surface area contributed by atoms with E-state index < -0.39 is 22.3 Å². The molecule has 0 bridgehead atoms. The van der Waals surface area contributed by atoms with Gasteiger partial charge in [0.25, 0.3) is 11.6 Å². The van der Waals surface area contributed by atoms with Gasteiger partial charge < -0.3 is 10.1 Å². The first-order valence-corrected chi connectivity index (χ1v) is 6.89. The van der Waals surface area contributed by atoms with Crippen LogP contribution in [0.15, 0.2) is 42.5 Å². The lowest BCUT2D eigenvalue weighted by Gasteiger charge is -2.11. The summed E-state index contributed by atoms with van der Waals surface area (Å²) < 4.78 is 19.3. The van der Waals surface area contributed by atoms with Gasteiger partial charge in [-0.1, -0.05) is 0 Å². The van der Waals surface area contributed by atoms with Crippen LogP contribution in [0.4, 0.5) is 15.8 Å². The van der Waals surface area contributed by atoms with Crippen LogP contribution in [0.5, 0.6) is 5.75 Å². The van der Waals surface area contributed by atoms with Crippen molar-refractivity contribution in [2.24, 2.45) is 0 Å². The number of non-ortho nitro benzene ring substituents is 1. The Labute approximate surface area is 132 Å². The van der Waals surface area contributed by atoms with Crippen molar-refractivity contribution in [1.29, 1.82) is 0 Å². The van der Waals surface area contributed by atoms with Crippen LogP contribution in [0, 0.1) is 15.9 Å². The maximum atomic E-state index is 13.8. The molecule has 0 saturated heterocycles. The highest BCUT2D eigenvalue weighted by molar-refractivity contribution is 6.04. The number of carbonyl (C=O) groups excluding carboxylic acids is 1. The molecule has 23 heavy (non-hydrogen) atoms. The molecule has 0 aliphatic carbocycles. The van der Waals surface area contributed by atoms with Crippen LogP contribution in [0.1, 0.15) is 24.2 Å². The third kappa shape index (κ3) is 4.26. The fourth-order valence-corrected chi connectivity index (χ4v) is 1.89. The molecule has 2 aromatic carbocycles. The minimum atomic E-state index is -0.948. The number of ether oxygens (including phenoxy) is 1. The van der Waals surface area contributed by atoms with E-state index in [0.717, 1.165) is 12.1 Å². The lowest BCUT2D eigenvalue weighted by Crippen LogP contribution is -2.14. The fourth-order valence-electron chi connectivity index (χ4n) is 1.89. The van der Waals surface area contributed by atoms with Crippen LogP contribution in [0.3, 0.4) is 0 Å². The number of amides is 1. The summed E-state index contributed by atoms with van der Waals surface area (Å²) in [7, 11) is 0. The molecule has 0 fully saturated rings. The van der Waals surface area contributed by atoms with Gasteiger partial charge in [-0.05, 0) is 44.2 Å². The quantitative estimate of drug-likeness (QED) is 0.672. The van der Waals surface area contributed by atoms with E-state index in [4.69, 9.17) is 4.74 Å². The predicted molar refractivity (Wildman–Crippen MR) is 83.2 cm³/mol. The highest BCUT2D eigenvalue weighted by atomic mass is 19.1. The molecule has 0 heterocycles. The Morgan fingerprint density at radius 2 is 1.87 bits per heavy atom. The Bertz CT molecular complexity index is 729. The van der Waals surface area contributed by atoms with Crippen LogP contribution in [-0.2, 0) is 0 Å². The van der Waals surface area contributed by atoms with Gasteiger partial charge in [-0.3, -0.25) is 14.9 Å². The monoisotopic (exact) mass is 318 g/mol. The Morgan fingerprint density at radius 1 is 1.22 bits per heavy atom. The summed E-state index contributed by atoms with van der Waals surface area (Å²) in [5.41, 5.74) is -0.212. The zero-order valence-electron chi connectivity index (χ0n) is 12.6. The third-order valence-electron chi connectivity index (χ3n) is 2.89. The van der Waals surface area contributed by atoms with Crippen molar-refractivity contribution in [3.8, 4) is 5.75 Å². The van der Waals surface area contributed by atoms with E-state index in [9.17, 15) is 19.3 Å². The van der Waals surface area contributed by atoms with Crippen molar-refractivity contribution in [2.45, 2.75) is 20.0 Å². The number of nitro benzene ring substituents is 1. The number of rotatable bonds is 5. The maximum absolute atomic E-state index is 13.8. The van der Waals surface area contributed by atoms with E-state index in [0.29, 0.717) is 17.5 Å². The molecular formula is C16H15FN2O4. The fraction of sp³-hybridized carbons (Fsp3) is 0.188. The molecule has 2 rings (SSSR count). The number of carbonyl (C=O) groups is 1. The normalized spacial score (nSPS) is 10.4. The predicted octanol–water partition coefficient (Wildman–Crippen LogP) is 3.77. The molecule has 0 aliphatic rings. The van der Waals surface area contributed by atoms with Crippen molar-refractivity contribution in [2.75, 3.05) is 5.32 Å². The number of hydrogen-bond acceptors (Lipinski definition) is 4. The summed E-state index contributed by atoms with van der Waals surface area (Å²) in [4.78, 5) is 21.9. The number of nitrogens with one attached hydrogen (secondary N) is 1. The van der Waals surface area contributed by atoms with E-state index in [1.165, 1.54) is 0 Å². The van der Waals surface area contributed by atoms with Crippen LogP contribution in [0.2, 0.25) is 0 Å². The zero-order valence-corrected chi connectivity index (χ0v) is 12.6. The lowest BCUT2D eigenvalue weighted by atomic mass is 10.1. The molecule has 2 aromatic rings. The van der Waals surface area contributed by atoms with Gasteiger partial charge in [-0.15, -0.1) is 0 Å². The molecule has 0 saturated carbocycles. The molecule has 0 spiro atoms. The summed E-state index contributed by atoms with van der Waals surface area (Å²) in [5, 5.41) is 13.1. The van der Waals surface area contributed by atoms with Crippen molar-refractivity contribution in [3.05, 3.63) is 64.0 Å². The van der Waals surface area contributed by atoms with Crippen molar-refractivity contribution in [3.63, 3.8) is 0 Å². The number of nitrogens with zero attached hydrogens (tertiary/aromatic N) is 1. The van der Waals surface area contributed by atoms with Gasteiger partial charge in [0.15, 0.2) is 0 Å². The molecule has 0 atom stereocenters. The minimum absolute atomic E-state index is 0.0321. The highest BCUT2D eigenvalue weighted by Crippen LogP contribution is 2.20. The van der Waals surface area contributed by atoms with Gasteiger partial charge >= 0.3 is 0 Å². The minimum Gasteiger partial charge on any atom is -0.491 e. The molecule has 0 aliphatic heterocycles. The summed E-state index contributed by atoms with van der Waals surface area (Å²) in [6.07, 6.45) is 0.0321. The molecule has 6 nitrogen and oxygen atoms in total. The largest absolute Gasteiger partial charge is 0.491 e. The van der Waals surface area contributed by atoms with E-state index in [1.54, 1.807) is 24.3 Å². The standard InChI is InChI=1S/C16H15FN2O4/c1-10(2)23-13-6-3-11(4-7-13)18-16(20)14-8-5-12(19(21)22)9-15(14)17/h3-10H,1-2H3,(H,18,20). The molecule has 120 valence electrons. The van der Waals surface area contributed by atoms with E-state index in [-0.39, 0.29) is 11.7 Å². The third-order valence-corrected chi connectivity index (χ3v) is 2.89. The average Bonchev–Trinajstić information content (AvgIpc) is 2.48. The number of halogens is 1. The van der Waals surface area contributed by atoms with Crippen molar-refractivity contribution in [1.82, 2.24) is 0 Å². The SMILES string of the molecule is CC(C)Oc1ccc(NC(=O)c2ccc([N+](=O)[O-])cc2F)cc1. The first-order valence-electron chi connectivity index (χ1n) is 6.89. The summed E-state index contributed by atoms with van der Waals surface area (Å²) >= 11 is 0. The van der Waals surface area contributed by atoms with Crippen molar-refractivity contribution >= 4 is 17.3 Å². The Hall–Kier alpha value is -2.96.